The van der Waals surface area contributed by atoms with E-state index in [0.717, 1.165) is 17.3 Å². The van der Waals surface area contributed by atoms with Gasteiger partial charge in [-0.15, -0.1) is 0 Å². The Morgan fingerprint density at radius 1 is 0.825 bits per heavy atom. The van der Waals surface area contributed by atoms with Gasteiger partial charge in [-0.1, -0.05) is 48.5 Å². The third-order valence-electron chi connectivity index (χ3n) is 6.23. The van der Waals surface area contributed by atoms with Crippen LogP contribution in [0.15, 0.2) is 103 Å². The van der Waals surface area contributed by atoms with Crippen LogP contribution in [-0.4, -0.2) is 30.5 Å². The van der Waals surface area contributed by atoms with Gasteiger partial charge < -0.3 is 9.84 Å². The Morgan fingerprint density at radius 3 is 2.17 bits per heavy atom. The summed E-state index contributed by atoms with van der Waals surface area (Å²) in [7, 11) is 0. The van der Waals surface area contributed by atoms with Gasteiger partial charge in [0.05, 0.1) is 22.2 Å². The van der Waals surface area contributed by atoms with Gasteiger partial charge in [0.25, 0.3) is 5.69 Å². The molecule has 0 unspecified atom stereocenters. The van der Waals surface area contributed by atoms with Crippen LogP contribution in [-0.2, 0) is 17.8 Å². The largest absolute Gasteiger partial charge is 0.489 e. The predicted octanol–water partition coefficient (Wildman–Crippen LogP) is 6.14. The van der Waals surface area contributed by atoms with Crippen molar-refractivity contribution in [2.75, 3.05) is 0 Å². The molecule has 0 spiro atoms. The molecule has 0 saturated carbocycles. The normalized spacial score (nSPS) is 11.6. The second-order valence-corrected chi connectivity index (χ2v) is 9.38. The number of nitro groups is 1. The van der Waals surface area contributed by atoms with Gasteiger partial charge in [0.1, 0.15) is 23.4 Å². The van der Waals surface area contributed by atoms with Gasteiger partial charge in [0.2, 0.25) is 0 Å². The lowest BCUT2D eigenvalue weighted by Gasteiger charge is -2.14. The molecule has 0 aliphatic rings. The molecular formula is C30H21N3O6S. The molecule has 10 heteroatoms. The zero-order chi connectivity index (χ0) is 28.1. The maximum absolute atomic E-state index is 13.9. The Hall–Kier alpha value is -5.22. The Bertz CT molecular complexity index is 1730. The fourth-order valence-electron chi connectivity index (χ4n) is 4.20. The lowest BCUT2D eigenvalue weighted by molar-refractivity contribution is -0.384. The van der Waals surface area contributed by atoms with E-state index in [1.165, 1.54) is 24.3 Å². The van der Waals surface area contributed by atoms with Crippen LogP contribution >= 0.6 is 11.7 Å². The summed E-state index contributed by atoms with van der Waals surface area (Å²) in [5.74, 6) is -1.21. The van der Waals surface area contributed by atoms with Crippen LogP contribution in [0.25, 0.3) is 16.6 Å². The highest BCUT2D eigenvalue weighted by Gasteiger charge is 2.25. The number of non-ortho nitro benzene ring substituents is 1. The minimum absolute atomic E-state index is 0.0295. The summed E-state index contributed by atoms with van der Waals surface area (Å²) in [5.41, 5.74) is 3.01. The quantitative estimate of drug-likeness (QED) is 0.0947. The first-order valence-electron chi connectivity index (χ1n) is 12.1. The van der Waals surface area contributed by atoms with Crippen molar-refractivity contribution in [2.45, 2.75) is 13.0 Å². The molecule has 5 rings (SSSR count). The standard InChI is InChI=1S/C30H21N3O6S/c34-29(21-8-13-24(14-9-21)39-18-20-4-2-1-3-5-20)25(16-19-6-11-23(12-7-19)33(37)38)28(30(35)36)22-10-15-26-27(17-22)32-40-31-26/h1-15,17H,16,18H2,(H,35,36). The van der Waals surface area contributed by atoms with Crippen LogP contribution in [0.1, 0.15) is 27.0 Å². The van der Waals surface area contributed by atoms with E-state index < -0.39 is 16.7 Å². The SMILES string of the molecule is O=C(O)C(=C(Cc1ccc([N+](=O)[O-])cc1)C(=O)c1ccc(OCc2ccccc2)cc1)c1ccc2nsnc2c1. The lowest BCUT2D eigenvalue weighted by Crippen LogP contribution is -2.14. The molecule has 4 aromatic carbocycles. The monoisotopic (exact) mass is 551 g/mol. The van der Waals surface area contributed by atoms with Crippen molar-refractivity contribution in [2.24, 2.45) is 0 Å². The van der Waals surface area contributed by atoms with E-state index in [4.69, 9.17) is 4.74 Å². The third kappa shape index (κ3) is 5.92. The van der Waals surface area contributed by atoms with Gasteiger partial charge in [0, 0.05) is 29.7 Å². The molecule has 0 atom stereocenters. The van der Waals surface area contributed by atoms with Crippen LogP contribution in [0.2, 0.25) is 0 Å². The number of ketones is 1. The smallest absolute Gasteiger partial charge is 0.336 e. The number of benzene rings is 4. The van der Waals surface area contributed by atoms with Crippen molar-refractivity contribution in [1.82, 2.24) is 8.75 Å². The number of carbonyl (C=O) groups is 2. The zero-order valence-corrected chi connectivity index (χ0v) is 21.7. The summed E-state index contributed by atoms with van der Waals surface area (Å²) in [6, 6.07) is 26.7. The van der Waals surface area contributed by atoms with Gasteiger partial charge in [-0.05, 0) is 53.1 Å². The highest BCUT2D eigenvalue weighted by molar-refractivity contribution is 7.00. The summed E-state index contributed by atoms with van der Waals surface area (Å²) < 4.78 is 14.2. The number of carboxylic acid groups (broad SMARTS) is 1. The highest BCUT2D eigenvalue weighted by atomic mass is 32.1. The second kappa shape index (κ2) is 11.7. The number of nitro benzene ring substituents is 1. The summed E-state index contributed by atoms with van der Waals surface area (Å²) in [6.45, 7) is 0.358. The van der Waals surface area contributed by atoms with Gasteiger partial charge in [0.15, 0.2) is 5.78 Å². The fourth-order valence-corrected chi connectivity index (χ4v) is 4.72. The summed E-state index contributed by atoms with van der Waals surface area (Å²) in [4.78, 5) is 37.0. The Labute approximate surface area is 232 Å². The summed E-state index contributed by atoms with van der Waals surface area (Å²) in [6.07, 6.45) is -0.0575. The number of hydrogen-bond donors (Lipinski definition) is 1. The number of allylic oxidation sites excluding steroid dienone is 1. The van der Waals surface area contributed by atoms with Crippen molar-refractivity contribution >= 4 is 45.8 Å². The topological polar surface area (TPSA) is 133 Å². The van der Waals surface area contributed by atoms with E-state index in [0.29, 0.717) is 34.5 Å². The zero-order valence-electron chi connectivity index (χ0n) is 20.9. The molecule has 0 bridgehead atoms. The van der Waals surface area contributed by atoms with Gasteiger partial charge in [-0.3, -0.25) is 14.9 Å². The van der Waals surface area contributed by atoms with Gasteiger partial charge in [-0.2, -0.15) is 8.75 Å². The number of aliphatic carboxylic acids is 1. The van der Waals surface area contributed by atoms with Gasteiger partial charge in [-0.25, -0.2) is 4.79 Å². The minimum Gasteiger partial charge on any atom is -0.489 e. The molecule has 1 heterocycles. The number of aromatic nitrogens is 2. The molecule has 0 amide bonds. The average Bonchev–Trinajstić information content (AvgIpc) is 3.44. The highest BCUT2D eigenvalue weighted by Crippen LogP contribution is 2.29. The number of Topliss-reactive ketones (excluding diaryl/α,β-unsaturated/α-hetero) is 1. The molecular weight excluding hydrogens is 530 g/mol. The number of nitrogens with zero attached hydrogens (tertiary/aromatic N) is 3. The molecule has 0 fully saturated rings. The second-order valence-electron chi connectivity index (χ2n) is 8.85. The van der Waals surface area contributed by atoms with E-state index in [2.05, 4.69) is 8.75 Å². The Balaban J connectivity index is 1.52. The van der Waals surface area contributed by atoms with E-state index in [1.807, 2.05) is 30.3 Å². The van der Waals surface area contributed by atoms with Crippen LogP contribution in [0.5, 0.6) is 5.75 Å². The van der Waals surface area contributed by atoms with Crippen LogP contribution in [0, 0.1) is 10.1 Å². The van der Waals surface area contributed by atoms with E-state index in [9.17, 15) is 24.8 Å². The van der Waals surface area contributed by atoms with Crippen molar-refractivity contribution in [3.8, 4) is 5.75 Å². The average molecular weight is 552 g/mol. The van der Waals surface area contributed by atoms with E-state index >= 15 is 0 Å². The van der Waals surface area contributed by atoms with Crippen LogP contribution in [0.3, 0.4) is 0 Å². The molecule has 0 saturated heterocycles. The van der Waals surface area contributed by atoms with Crippen molar-refractivity contribution in [3.05, 3.63) is 135 Å². The Kier molecular flexibility index (Phi) is 7.70. The summed E-state index contributed by atoms with van der Waals surface area (Å²) >= 11 is 1.01. The molecule has 0 radical (unpaired) electrons. The maximum atomic E-state index is 13.9. The van der Waals surface area contributed by atoms with Crippen LogP contribution in [0.4, 0.5) is 5.69 Å². The molecule has 0 aliphatic carbocycles. The third-order valence-corrected chi connectivity index (χ3v) is 6.78. The first-order chi connectivity index (χ1) is 19.4. The van der Waals surface area contributed by atoms with E-state index in [1.54, 1.807) is 42.5 Å². The molecule has 5 aromatic rings. The van der Waals surface area contributed by atoms with Crippen molar-refractivity contribution in [3.63, 3.8) is 0 Å². The molecule has 0 aliphatic heterocycles. The van der Waals surface area contributed by atoms with Crippen molar-refractivity contribution in [1.29, 1.82) is 0 Å². The summed E-state index contributed by atoms with van der Waals surface area (Å²) in [5, 5.41) is 21.4. The molecule has 40 heavy (non-hydrogen) atoms. The molecule has 1 N–H and O–H groups in total. The molecule has 1 aromatic heterocycles. The first-order valence-corrected chi connectivity index (χ1v) is 12.9. The number of rotatable bonds is 10. The first kappa shape index (κ1) is 26.4. The number of fused-ring (bicyclic) bond motifs is 1. The van der Waals surface area contributed by atoms with E-state index in [-0.39, 0.29) is 28.8 Å². The van der Waals surface area contributed by atoms with Crippen molar-refractivity contribution < 1.29 is 24.4 Å². The number of hydrogen-bond acceptors (Lipinski definition) is 8. The number of carboxylic acids is 1. The van der Waals surface area contributed by atoms with Gasteiger partial charge >= 0.3 is 5.97 Å². The molecule has 9 nitrogen and oxygen atoms in total. The molecule has 198 valence electrons. The lowest BCUT2D eigenvalue weighted by atomic mass is 9.89. The minimum atomic E-state index is -1.28. The predicted molar refractivity (Wildman–Crippen MR) is 150 cm³/mol. The number of carbonyl (C=O) groups excluding carboxylic acids is 1. The fraction of sp³-hybridized carbons (Fsp3) is 0.0667. The number of ether oxygens (including phenoxy) is 1. The maximum Gasteiger partial charge on any atom is 0.336 e. The Morgan fingerprint density at radius 2 is 1.50 bits per heavy atom. The van der Waals surface area contributed by atoms with Crippen LogP contribution < -0.4 is 4.74 Å².